The van der Waals surface area contributed by atoms with Gasteiger partial charge in [-0.05, 0) is 22.8 Å². The molecule has 0 fully saturated rings. The van der Waals surface area contributed by atoms with Crippen LogP contribution in [0.3, 0.4) is 0 Å². The van der Waals surface area contributed by atoms with Crippen LogP contribution >= 0.6 is 23.2 Å². The normalized spacial score (nSPS) is 14.9. The van der Waals surface area contributed by atoms with Gasteiger partial charge in [0.25, 0.3) is 0 Å². The van der Waals surface area contributed by atoms with Gasteiger partial charge in [-0.2, -0.15) is 0 Å². The van der Waals surface area contributed by atoms with E-state index in [2.05, 4.69) is 0 Å². The van der Waals surface area contributed by atoms with Crippen molar-refractivity contribution in [1.29, 1.82) is 0 Å². The molecule has 21 heavy (non-hydrogen) atoms. The van der Waals surface area contributed by atoms with Crippen molar-refractivity contribution in [2.45, 2.75) is 19.3 Å². The smallest absolute Gasteiger partial charge is 0.138 e. The molecular formula is C16H14Cl2O3. The first-order chi connectivity index (χ1) is 10.1. The second kappa shape index (κ2) is 5.85. The van der Waals surface area contributed by atoms with Crippen molar-refractivity contribution in [3.63, 3.8) is 0 Å². The van der Waals surface area contributed by atoms with Crippen molar-refractivity contribution in [3.8, 4) is 5.75 Å². The highest BCUT2D eigenvalue weighted by atomic mass is 35.5. The fraction of sp³-hybridized carbons (Fsp3) is 0.250. The van der Waals surface area contributed by atoms with Crippen LogP contribution in [0.4, 0.5) is 0 Å². The van der Waals surface area contributed by atoms with E-state index in [0.29, 0.717) is 34.6 Å². The second-order valence-corrected chi connectivity index (χ2v) is 5.75. The molecule has 1 heterocycles. The van der Waals surface area contributed by atoms with Crippen LogP contribution < -0.4 is 4.74 Å². The van der Waals surface area contributed by atoms with Crippen LogP contribution in [0.25, 0.3) is 0 Å². The van der Waals surface area contributed by atoms with Crippen LogP contribution in [-0.2, 0) is 18.0 Å². The summed E-state index contributed by atoms with van der Waals surface area (Å²) in [6, 6.07) is 9.05. The van der Waals surface area contributed by atoms with Gasteiger partial charge >= 0.3 is 0 Å². The third-order valence-corrected chi connectivity index (χ3v) is 4.25. The van der Waals surface area contributed by atoms with Crippen LogP contribution in [0.15, 0.2) is 30.3 Å². The van der Waals surface area contributed by atoms with Gasteiger partial charge in [0, 0.05) is 11.6 Å². The molecule has 3 nitrogen and oxygen atoms in total. The van der Waals surface area contributed by atoms with Crippen LogP contribution in [0.5, 0.6) is 5.75 Å². The molecule has 0 aromatic heterocycles. The molecule has 2 aromatic rings. The molecule has 110 valence electrons. The Morgan fingerprint density at radius 1 is 1.10 bits per heavy atom. The predicted octanol–water partition coefficient (Wildman–Crippen LogP) is 4.11. The van der Waals surface area contributed by atoms with E-state index < -0.39 is 6.10 Å². The zero-order valence-corrected chi connectivity index (χ0v) is 12.9. The van der Waals surface area contributed by atoms with Crippen molar-refractivity contribution in [1.82, 2.24) is 0 Å². The van der Waals surface area contributed by atoms with Gasteiger partial charge in [-0.25, -0.2) is 0 Å². The maximum atomic E-state index is 10.6. The molecule has 0 saturated heterocycles. The summed E-state index contributed by atoms with van der Waals surface area (Å²) >= 11 is 12.3. The van der Waals surface area contributed by atoms with E-state index in [1.54, 1.807) is 12.1 Å². The first-order valence-corrected chi connectivity index (χ1v) is 7.26. The third kappa shape index (κ3) is 2.74. The lowest BCUT2D eigenvalue weighted by Crippen LogP contribution is -2.02. The first-order valence-electron chi connectivity index (χ1n) is 6.50. The lowest BCUT2D eigenvalue weighted by Gasteiger charge is -2.16. The summed E-state index contributed by atoms with van der Waals surface area (Å²) in [5.41, 5.74) is 3.58. The summed E-state index contributed by atoms with van der Waals surface area (Å²) in [6.07, 6.45) is -0.841. The zero-order valence-electron chi connectivity index (χ0n) is 11.4. The number of benzene rings is 2. The summed E-state index contributed by atoms with van der Waals surface area (Å²) in [5, 5.41) is 11.4. The van der Waals surface area contributed by atoms with E-state index in [4.69, 9.17) is 32.7 Å². The van der Waals surface area contributed by atoms with Gasteiger partial charge in [0.05, 0.1) is 30.4 Å². The van der Waals surface area contributed by atoms with Crippen molar-refractivity contribution >= 4 is 23.2 Å². The van der Waals surface area contributed by atoms with Crippen LogP contribution in [0, 0.1) is 0 Å². The molecule has 0 bridgehead atoms. The molecule has 5 heteroatoms. The maximum absolute atomic E-state index is 10.6. The predicted molar refractivity (Wildman–Crippen MR) is 82.0 cm³/mol. The molecule has 0 radical (unpaired) electrons. The van der Waals surface area contributed by atoms with Crippen molar-refractivity contribution in [2.24, 2.45) is 0 Å². The third-order valence-electron chi connectivity index (χ3n) is 3.63. The highest BCUT2D eigenvalue weighted by Gasteiger charge is 2.19. The summed E-state index contributed by atoms with van der Waals surface area (Å²) in [4.78, 5) is 0. The molecule has 2 aromatic carbocycles. The Labute approximate surface area is 133 Å². The number of fused-ring (bicyclic) bond motifs is 1. The fourth-order valence-corrected chi connectivity index (χ4v) is 2.96. The standard InChI is InChI=1S/C16H14Cl2O3/c1-20-15-6-13(17)12(5-14(15)18)16(19)9-2-3-10-7-21-8-11(10)4-9/h2-6,16,19H,7-8H2,1H3. The molecule has 0 saturated carbocycles. The molecule has 1 atom stereocenters. The van der Waals surface area contributed by atoms with E-state index in [0.717, 1.165) is 16.7 Å². The lowest BCUT2D eigenvalue weighted by atomic mass is 9.98. The van der Waals surface area contributed by atoms with E-state index in [-0.39, 0.29) is 0 Å². The molecule has 0 aliphatic carbocycles. The minimum Gasteiger partial charge on any atom is -0.495 e. The van der Waals surface area contributed by atoms with Gasteiger partial charge in [0.15, 0.2) is 0 Å². The average molecular weight is 325 g/mol. The quantitative estimate of drug-likeness (QED) is 0.923. The Balaban J connectivity index is 1.98. The fourth-order valence-electron chi connectivity index (χ4n) is 2.45. The number of hydrogen-bond donors (Lipinski definition) is 1. The van der Waals surface area contributed by atoms with Crippen molar-refractivity contribution in [3.05, 3.63) is 62.6 Å². The minimum atomic E-state index is -0.841. The zero-order chi connectivity index (χ0) is 15.0. The molecule has 0 spiro atoms. The number of ether oxygens (including phenoxy) is 2. The van der Waals surface area contributed by atoms with Crippen molar-refractivity contribution < 1.29 is 14.6 Å². The number of rotatable bonds is 3. The van der Waals surface area contributed by atoms with Gasteiger partial charge in [0.1, 0.15) is 11.9 Å². The summed E-state index contributed by atoms with van der Waals surface area (Å²) in [5.74, 6) is 0.486. The maximum Gasteiger partial charge on any atom is 0.138 e. The highest BCUT2D eigenvalue weighted by Crippen LogP contribution is 2.37. The van der Waals surface area contributed by atoms with Gasteiger partial charge in [0.2, 0.25) is 0 Å². The topological polar surface area (TPSA) is 38.7 Å². The molecule has 0 amide bonds. The number of hydrogen-bond acceptors (Lipinski definition) is 3. The Bertz CT molecular complexity index is 685. The van der Waals surface area contributed by atoms with Crippen LogP contribution in [0.2, 0.25) is 10.0 Å². The Morgan fingerprint density at radius 3 is 2.62 bits per heavy atom. The molecule has 1 aliphatic rings. The molecule has 1 unspecified atom stereocenters. The van der Waals surface area contributed by atoms with Crippen LogP contribution in [0.1, 0.15) is 28.4 Å². The lowest BCUT2D eigenvalue weighted by molar-refractivity contribution is 0.134. The van der Waals surface area contributed by atoms with Gasteiger partial charge in [-0.15, -0.1) is 0 Å². The summed E-state index contributed by atoms with van der Waals surface area (Å²) in [6.45, 7) is 1.20. The Hall–Kier alpha value is -1.26. The van der Waals surface area contributed by atoms with Gasteiger partial charge in [-0.3, -0.25) is 0 Å². The van der Waals surface area contributed by atoms with Crippen LogP contribution in [-0.4, -0.2) is 12.2 Å². The molecule has 1 aliphatic heterocycles. The Kier molecular flexibility index (Phi) is 4.09. The van der Waals surface area contributed by atoms with E-state index >= 15 is 0 Å². The number of halogens is 2. The van der Waals surface area contributed by atoms with E-state index in [9.17, 15) is 5.11 Å². The molecule has 1 N–H and O–H groups in total. The second-order valence-electron chi connectivity index (χ2n) is 4.93. The largest absolute Gasteiger partial charge is 0.495 e. The number of methoxy groups -OCH3 is 1. The Morgan fingerprint density at radius 2 is 1.86 bits per heavy atom. The van der Waals surface area contributed by atoms with Gasteiger partial charge < -0.3 is 14.6 Å². The molecule has 3 rings (SSSR count). The highest BCUT2D eigenvalue weighted by molar-refractivity contribution is 6.34. The summed E-state index contributed by atoms with van der Waals surface area (Å²) in [7, 11) is 1.52. The van der Waals surface area contributed by atoms with Gasteiger partial charge in [-0.1, -0.05) is 41.4 Å². The van der Waals surface area contributed by atoms with E-state index in [1.165, 1.54) is 7.11 Å². The number of aliphatic hydroxyl groups is 1. The summed E-state index contributed by atoms with van der Waals surface area (Å²) < 4.78 is 10.5. The molecular weight excluding hydrogens is 311 g/mol. The number of aliphatic hydroxyl groups excluding tert-OH is 1. The van der Waals surface area contributed by atoms with Crippen molar-refractivity contribution in [2.75, 3.05) is 7.11 Å². The first kappa shape index (κ1) is 14.7. The minimum absolute atomic E-state index is 0.417. The monoisotopic (exact) mass is 324 g/mol. The SMILES string of the molecule is COc1cc(Cl)c(C(O)c2ccc3c(c2)COC3)cc1Cl. The van der Waals surface area contributed by atoms with E-state index in [1.807, 2.05) is 18.2 Å². The average Bonchev–Trinajstić information content (AvgIpc) is 2.95.